The Hall–Kier alpha value is -2.39. The Labute approximate surface area is 122 Å². The van der Waals surface area contributed by atoms with Crippen molar-refractivity contribution in [1.82, 2.24) is 9.55 Å². The summed E-state index contributed by atoms with van der Waals surface area (Å²) in [5, 5.41) is 9.24. The number of halogens is 2. The lowest BCUT2D eigenvalue weighted by atomic mass is 10.2. The second-order valence-corrected chi connectivity index (χ2v) is 5.13. The van der Waals surface area contributed by atoms with Gasteiger partial charge in [0.2, 0.25) is 5.95 Å². The molecule has 0 atom stereocenters. The molecule has 0 saturated heterocycles. The number of nitrogen functional groups attached to an aromatic ring is 1. The van der Waals surface area contributed by atoms with E-state index in [1.807, 2.05) is 0 Å². The molecular formula is C14H8BrFN4. The summed E-state index contributed by atoms with van der Waals surface area (Å²) in [5.41, 5.74) is 8.01. The van der Waals surface area contributed by atoms with E-state index >= 15 is 0 Å². The van der Waals surface area contributed by atoms with Crippen LogP contribution in [0, 0.1) is 17.1 Å². The summed E-state index contributed by atoms with van der Waals surface area (Å²) in [4.78, 5) is 4.18. The lowest BCUT2D eigenvalue weighted by molar-refractivity contribution is 0.629. The number of fused-ring (bicyclic) bond motifs is 1. The first-order valence-corrected chi connectivity index (χ1v) is 6.53. The van der Waals surface area contributed by atoms with Crippen LogP contribution >= 0.6 is 15.9 Å². The van der Waals surface area contributed by atoms with Crippen LogP contribution in [0.25, 0.3) is 16.7 Å². The van der Waals surface area contributed by atoms with E-state index in [4.69, 9.17) is 5.73 Å². The molecule has 3 rings (SSSR count). The van der Waals surface area contributed by atoms with Gasteiger partial charge in [-0.15, -0.1) is 0 Å². The summed E-state index contributed by atoms with van der Waals surface area (Å²) >= 11 is 3.31. The van der Waals surface area contributed by atoms with Crippen LogP contribution in [0.3, 0.4) is 0 Å². The summed E-state index contributed by atoms with van der Waals surface area (Å²) in [7, 11) is 0. The summed E-state index contributed by atoms with van der Waals surface area (Å²) in [6.45, 7) is 0. The minimum Gasteiger partial charge on any atom is -0.369 e. The van der Waals surface area contributed by atoms with Crippen molar-refractivity contribution in [2.75, 3.05) is 5.73 Å². The third-order valence-corrected chi connectivity index (χ3v) is 3.46. The van der Waals surface area contributed by atoms with Crippen LogP contribution in [0.5, 0.6) is 0 Å². The van der Waals surface area contributed by atoms with E-state index in [-0.39, 0.29) is 11.8 Å². The molecule has 0 radical (unpaired) electrons. The molecule has 0 aliphatic rings. The largest absolute Gasteiger partial charge is 0.369 e. The molecule has 3 aromatic rings. The standard InChI is InChI=1S/C14H8BrFN4/c15-9-1-4-12(8(5-9)7-17)20-13-6-10(16)2-3-11(13)19-14(20)18/h1-6H,(H2,18,19). The highest BCUT2D eigenvalue weighted by Gasteiger charge is 2.14. The number of aromatic nitrogens is 2. The highest BCUT2D eigenvalue weighted by Crippen LogP contribution is 2.27. The summed E-state index contributed by atoms with van der Waals surface area (Å²) in [6, 6.07) is 11.5. The molecule has 0 aliphatic heterocycles. The van der Waals surface area contributed by atoms with Crippen LogP contribution in [-0.2, 0) is 0 Å². The zero-order valence-electron chi connectivity index (χ0n) is 10.1. The fourth-order valence-corrected chi connectivity index (χ4v) is 2.47. The summed E-state index contributed by atoms with van der Waals surface area (Å²) < 4.78 is 15.8. The average Bonchev–Trinajstić information content (AvgIpc) is 2.74. The van der Waals surface area contributed by atoms with Crippen molar-refractivity contribution in [3.8, 4) is 11.8 Å². The van der Waals surface area contributed by atoms with Gasteiger partial charge in [-0.25, -0.2) is 9.37 Å². The average molecular weight is 331 g/mol. The summed E-state index contributed by atoms with van der Waals surface area (Å²) in [5.74, 6) is -0.168. The third kappa shape index (κ3) is 1.92. The molecule has 1 aromatic heterocycles. The molecule has 0 spiro atoms. The van der Waals surface area contributed by atoms with E-state index in [1.54, 1.807) is 28.8 Å². The van der Waals surface area contributed by atoms with Gasteiger partial charge in [-0.1, -0.05) is 15.9 Å². The maximum atomic E-state index is 13.4. The molecule has 0 aliphatic carbocycles. The molecule has 0 fully saturated rings. The highest BCUT2D eigenvalue weighted by atomic mass is 79.9. The first kappa shape index (κ1) is 12.6. The Balaban J connectivity index is 2.38. The first-order chi connectivity index (χ1) is 9.60. The fourth-order valence-electron chi connectivity index (χ4n) is 2.11. The van der Waals surface area contributed by atoms with Gasteiger partial charge in [-0.2, -0.15) is 5.26 Å². The smallest absolute Gasteiger partial charge is 0.205 e. The van der Waals surface area contributed by atoms with Gasteiger partial charge in [0.1, 0.15) is 11.9 Å². The minimum atomic E-state index is -0.380. The van der Waals surface area contributed by atoms with Crippen molar-refractivity contribution >= 4 is 32.9 Å². The quantitative estimate of drug-likeness (QED) is 0.743. The van der Waals surface area contributed by atoms with Crippen LogP contribution in [0.15, 0.2) is 40.9 Å². The Bertz CT molecular complexity index is 863. The van der Waals surface area contributed by atoms with E-state index < -0.39 is 0 Å². The highest BCUT2D eigenvalue weighted by molar-refractivity contribution is 9.10. The van der Waals surface area contributed by atoms with Crippen molar-refractivity contribution in [1.29, 1.82) is 5.26 Å². The second-order valence-electron chi connectivity index (χ2n) is 4.21. The number of benzene rings is 2. The Morgan fingerprint density at radius 2 is 2.05 bits per heavy atom. The molecule has 20 heavy (non-hydrogen) atoms. The van der Waals surface area contributed by atoms with Crippen molar-refractivity contribution in [3.63, 3.8) is 0 Å². The fraction of sp³-hybridized carbons (Fsp3) is 0. The number of nitriles is 1. The zero-order chi connectivity index (χ0) is 14.3. The van der Waals surface area contributed by atoms with Crippen LogP contribution in [-0.4, -0.2) is 9.55 Å². The molecule has 0 saturated carbocycles. The van der Waals surface area contributed by atoms with Gasteiger partial charge in [0, 0.05) is 10.5 Å². The number of imidazole rings is 1. The number of nitrogens with zero attached hydrogens (tertiary/aromatic N) is 3. The molecule has 0 amide bonds. The molecule has 2 aromatic carbocycles. The van der Waals surface area contributed by atoms with E-state index in [2.05, 4.69) is 27.0 Å². The van der Waals surface area contributed by atoms with Crippen LogP contribution in [0.4, 0.5) is 10.3 Å². The van der Waals surface area contributed by atoms with Crippen LogP contribution in [0.1, 0.15) is 5.56 Å². The molecular weight excluding hydrogens is 323 g/mol. The topological polar surface area (TPSA) is 67.6 Å². The number of anilines is 1. The number of hydrogen-bond acceptors (Lipinski definition) is 3. The van der Waals surface area contributed by atoms with Crippen molar-refractivity contribution in [2.45, 2.75) is 0 Å². The lowest BCUT2D eigenvalue weighted by Gasteiger charge is -2.09. The van der Waals surface area contributed by atoms with Gasteiger partial charge in [0.15, 0.2) is 0 Å². The second kappa shape index (κ2) is 4.62. The molecule has 98 valence electrons. The zero-order valence-corrected chi connectivity index (χ0v) is 11.7. The molecule has 4 nitrogen and oxygen atoms in total. The minimum absolute atomic E-state index is 0.212. The van der Waals surface area contributed by atoms with Gasteiger partial charge in [-0.3, -0.25) is 4.57 Å². The van der Waals surface area contributed by atoms with Crippen LogP contribution in [0.2, 0.25) is 0 Å². The van der Waals surface area contributed by atoms with Crippen molar-refractivity contribution < 1.29 is 4.39 Å². The van der Waals surface area contributed by atoms with E-state index in [0.717, 1.165) is 4.47 Å². The maximum Gasteiger partial charge on any atom is 0.205 e. The molecule has 1 heterocycles. The number of rotatable bonds is 1. The van der Waals surface area contributed by atoms with Gasteiger partial charge >= 0.3 is 0 Å². The maximum absolute atomic E-state index is 13.4. The Kier molecular flexibility index (Phi) is 2.92. The van der Waals surface area contributed by atoms with Crippen LogP contribution < -0.4 is 5.73 Å². The van der Waals surface area contributed by atoms with E-state index in [9.17, 15) is 9.65 Å². The normalized spacial score (nSPS) is 10.7. The van der Waals surface area contributed by atoms with E-state index in [0.29, 0.717) is 22.3 Å². The predicted octanol–water partition coefficient (Wildman–Crippen LogP) is 3.38. The molecule has 0 bridgehead atoms. The number of nitrogens with two attached hydrogens (primary N) is 1. The Morgan fingerprint density at radius 3 is 2.80 bits per heavy atom. The van der Waals surface area contributed by atoms with Crippen molar-refractivity contribution in [2.24, 2.45) is 0 Å². The first-order valence-electron chi connectivity index (χ1n) is 5.73. The molecule has 0 unspecified atom stereocenters. The van der Waals surface area contributed by atoms with E-state index in [1.165, 1.54) is 12.1 Å². The Morgan fingerprint density at radius 1 is 1.25 bits per heavy atom. The lowest BCUT2D eigenvalue weighted by Crippen LogP contribution is -2.03. The third-order valence-electron chi connectivity index (χ3n) is 2.96. The van der Waals surface area contributed by atoms with Gasteiger partial charge < -0.3 is 5.73 Å². The number of hydrogen-bond donors (Lipinski definition) is 1. The monoisotopic (exact) mass is 330 g/mol. The van der Waals surface area contributed by atoms with Gasteiger partial charge in [0.05, 0.1) is 22.3 Å². The van der Waals surface area contributed by atoms with Gasteiger partial charge in [0.25, 0.3) is 0 Å². The molecule has 2 N–H and O–H groups in total. The SMILES string of the molecule is N#Cc1cc(Br)ccc1-n1c(N)nc2ccc(F)cc21. The molecule has 6 heteroatoms. The predicted molar refractivity (Wildman–Crippen MR) is 77.9 cm³/mol. The van der Waals surface area contributed by atoms with Gasteiger partial charge in [-0.05, 0) is 30.3 Å². The van der Waals surface area contributed by atoms with Crippen molar-refractivity contribution in [3.05, 3.63) is 52.3 Å². The summed E-state index contributed by atoms with van der Waals surface area (Å²) in [6.07, 6.45) is 0.